The Kier molecular flexibility index (Phi) is 5.16. The quantitative estimate of drug-likeness (QED) is 0.498. The molecule has 0 saturated carbocycles. The Hall–Kier alpha value is -1.85. The standard InChI is InChI=1S/C15H25N7O3/c1-8(2)21(4-3-16)5-9-11(23)12(24)15(25-9)22-7-20-10-13(17)18-6-19-14(10)22/h6-9,11-12,15,23-24H,3-5,16H2,1-2H3,(H2,17,18,19)/t9-,11-,12-,15-/m1/s1. The Labute approximate surface area is 145 Å². The molecule has 2 aromatic heterocycles. The van der Waals surface area contributed by atoms with Gasteiger partial charge in [-0.1, -0.05) is 0 Å². The average molecular weight is 351 g/mol. The zero-order chi connectivity index (χ0) is 18.1. The Bertz CT molecular complexity index is 722. The normalized spacial score (nSPS) is 27.0. The highest BCUT2D eigenvalue weighted by atomic mass is 16.6. The summed E-state index contributed by atoms with van der Waals surface area (Å²) in [6.07, 6.45) is -0.672. The summed E-state index contributed by atoms with van der Waals surface area (Å²) in [4.78, 5) is 14.3. The third-order valence-electron chi connectivity index (χ3n) is 4.56. The van der Waals surface area contributed by atoms with Gasteiger partial charge in [-0.15, -0.1) is 0 Å². The predicted octanol–water partition coefficient (Wildman–Crippen LogP) is -1.30. The van der Waals surface area contributed by atoms with Gasteiger partial charge in [0.15, 0.2) is 17.7 Å². The summed E-state index contributed by atoms with van der Waals surface area (Å²) in [7, 11) is 0. The van der Waals surface area contributed by atoms with E-state index in [0.717, 1.165) is 0 Å². The molecule has 10 heteroatoms. The molecule has 25 heavy (non-hydrogen) atoms. The molecule has 0 spiro atoms. The molecule has 0 unspecified atom stereocenters. The van der Waals surface area contributed by atoms with Crippen molar-refractivity contribution in [2.24, 2.45) is 5.73 Å². The smallest absolute Gasteiger partial charge is 0.167 e. The van der Waals surface area contributed by atoms with Crippen LogP contribution in [0.2, 0.25) is 0 Å². The van der Waals surface area contributed by atoms with Crippen LogP contribution in [0.25, 0.3) is 11.2 Å². The number of nitrogen functional groups attached to an aromatic ring is 1. The maximum absolute atomic E-state index is 10.5. The maximum atomic E-state index is 10.5. The molecule has 3 rings (SSSR count). The number of rotatable bonds is 6. The molecule has 3 heterocycles. The van der Waals surface area contributed by atoms with Crippen molar-refractivity contribution in [1.82, 2.24) is 24.4 Å². The minimum Gasteiger partial charge on any atom is -0.387 e. The lowest BCUT2D eigenvalue weighted by molar-refractivity contribution is -0.0464. The number of aliphatic hydroxyl groups excluding tert-OH is 2. The van der Waals surface area contributed by atoms with Crippen LogP contribution in [0.5, 0.6) is 0 Å². The summed E-state index contributed by atoms with van der Waals surface area (Å²) in [5.41, 5.74) is 12.3. The van der Waals surface area contributed by atoms with Crippen LogP contribution in [0.1, 0.15) is 20.1 Å². The van der Waals surface area contributed by atoms with E-state index in [1.807, 2.05) is 13.8 Å². The largest absolute Gasteiger partial charge is 0.387 e. The summed E-state index contributed by atoms with van der Waals surface area (Å²) >= 11 is 0. The number of aromatic nitrogens is 4. The van der Waals surface area contributed by atoms with Gasteiger partial charge in [-0.05, 0) is 13.8 Å². The van der Waals surface area contributed by atoms with Crippen LogP contribution in [0.15, 0.2) is 12.7 Å². The van der Waals surface area contributed by atoms with Crippen molar-refractivity contribution in [3.05, 3.63) is 12.7 Å². The van der Waals surface area contributed by atoms with Gasteiger partial charge < -0.3 is 26.4 Å². The molecule has 0 aliphatic carbocycles. The third-order valence-corrected chi connectivity index (χ3v) is 4.56. The highest BCUT2D eigenvalue weighted by Gasteiger charge is 2.45. The highest BCUT2D eigenvalue weighted by Crippen LogP contribution is 2.32. The van der Waals surface area contributed by atoms with Crippen molar-refractivity contribution in [3.63, 3.8) is 0 Å². The number of ether oxygens (including phenoxy) is 1. The van der Waals surface area contributed by atoms with E-state index in [0.29, 0.717) is 30.8 Å². The molecule has 4 atom stereocenters. The number of anilines is 1. The van der Waals surface area contributed by atoms with Gasteiger partial charge in [-0.3, -0.25) is 9.47 Å². The number of nitrogens with zero attached hydrogens (tertiary/aromatic N) is 5. The molecule has 0 radical (unpaired) electrons. The summed E-state index contributed by atoms with van der Waals surface area (Å²) in [5, 5.41) is 20.9. The van der Waals surface area contributed by atoms with Crippen LogP contribution in [-0.4, -0.2) is 78.6 Å². The van der Waals surface area contributed by atoms with E-state index < -0.39 is 24.5 Å². The summed E-state index contributed by atoms with van der Waals surface area (Å²) < 4.78 is 7.52. The zero-order valence-electron chi connectivity index (χ0n) is 14.4. The number of hydrogen-bond acceptors (Lipinski definition) is 9. The molecular formula is C15H25N7O3. The molecule has 138 valence electrons. The Morgan fingerprint density at radius 3 is 2.72 bits per heavy atom. The van der Waals surface area contributed by atoms with E-state index in [1.165, 1.54) is 12.7 Å². The number of aliphatic hydroxyl groups is 2. The second-order valence-corrected chi connectivity index (χ2v) is 6.51. The fourth-order valence-electron chi connectivity index (χ4n) is 3.12. The fraction of sp³-hybridized carbons (Fsp3) is 0.667. The molecule has 6 N–H and O–H groups in total. The van der Waals surface area contributed by atoms with Crippen molar-refractivity contribution in [1.29, 1.82) is 0 Å². The lowest BCUT2D eigenvalue weighted by atomic mass is 10.1. The predicted molar refractivity (Wildman–Crippen MR) is 91.4 cm³/mol. The lowest BCUT2D eigenvalue weighted by Gasteiger charge is -2.29. The van der Waals surface area contributed by atoms with Crippen molar-refractivity contribution < 1.29 is 14.9 Å². The van der Waals surface area contributed by atoms with Gasteiger partial charge in [-0.2, -0.15) is 0 Å². The zero-order valence-corrected chi connectivity index (χ0v) is 14.4. The lowest BCUT2D eigenvalue weighted by Crippen LogP contribution is -2.44. The topological polar surface area (TPSA) is 149 Å². The van der Waals surface area contributed by atoms with Gasteiger partial charge in [0, 0.05) is 25.7 Å². The minimum atomic E-state index is -1.11. The molecule has 0 amide bonds. The van der Waals surface area contributed by atoms with E-state index in [4.69, 9.17) is 16.2 Å². The van der Waals surface area contributed by atoms with Gasteiger partial charge in [0.1, 0.15) is 30.2 Å². The molecule has 2 aromatic rings. The van der Waals surface area contributed by atoms with Crippen LogP contribution in [0, 0.1) is 0 Å². The summed E-state index contributed by atoms with van der Waals surface area (Å²) in [5.74, 6) is 0.252. The molecule has 1 aliphatic heterocycles. The Morgan fingerprint density at radius 1 is 1.28 bits per heavy atom. The first-order chi connectivity index (χ1) is 11.9. The van der Waals surface area contributed by atoms with Gasteiger partial charge >= 0.3 is 0 Å². The molecule has 1 fully saturated rings. The minimum absolute atomic E-state index is 0.247. The second-order valence-electron chi connectivity index (χ2n) is 6.51. The van der Waals surface area contributed by atoms with Gasteiger partial charge in [0.05, 0.1) is 6.33 Å². The van der Waals surface area contributed by atoms with Crippen LogP contribution >= 0.6 is 0 Å². The van der Waals surface area contributed by atoms with Gasteiger partial charge in [-0.25, -0.2) is 15.0 Å². The number of hydrogen-bond donors (Lipinski definition) is 4. The number of fused-ring (bicyclic) bond motifs is 1. The molecule has 10 nitrogen and oxygen atoms in total. The van der Waals surface area contributed by atoms with Crippen molar-refractivity contribution >= 4 is 17.0 Å². The summed E-state index contributed by atoms with van der Waals surface area (Å²) in [6.45, 7) is 5.76. The van der Waals surface area contributed by atoms with Crippen molar-refractivity contribution in [3.8, 4) is 0 Å². The van der Waals surface area contributed by atoms with E-state index in [9.17, 15) is 10.2 Å². The first kappa shape index (κ1) is 18.0. The van der Waals surface area contributed by atoms with Crippen LogP contribution in [-0.2, 0) is 4.74 Å². The van der Waals surface area contributed by atoms with Crippen molar-refractivity contribution in [2.75, 3.05) is 25.4 Å². The monoisotopic (exact) mass is 351 g/mol. The molecule has 0 bridgehead atoms. The van der Waals surface area contributed by atoms with Crippen LogP contribution < -0.4 is 11.5 Å². The van der Waals surface area contributed by atoms with Gasteiger partial charge in [0.2, 0.25) is 0 Å². The molecule has 1 aliphatic rings. The van der Waals surface area contributed by atoms with E-state index >= 15 is 0 Å². The highest BCUT2D eigenvalue weighted by molar-refractivity contribution is 5.81. The second kappa shape index (κ2) is 7.18. The average Bonchev–Trinajstić information content (AvgIpc) is 3.11. The number of nitrogens with two attached hydrogens (primary N) is 2. The fourth-order valence-corrected chi connectivity index (χ4v) is 3.12. The van der Waals surface area contributed by atoms with E-state index in [-0.39, 0.29) is 11.9 Å². The van der Waals surface area contributed by atoms with Crippen LogP contribution in [0.3, 0.4) is 0 Å². The Morgan fingerprint density at radius 2 is 2.04 bits per heavy atom. The first-order valence-electron chi connectivity index (χ1n) is 8.32. The van der Waals surface area contributed by atoms with Gasteiger partial charge in [0.25, 0.3) is 0 Å². The maximum Gasteiger partial charge on any atom is 0.167 e. The third kappa shape index (κ3) is 3.31. The van der Waals surface area contributed by atoms with E-state index in [2.05, 4.69) is 19.9 Å². The molecule has 0 aromatic carbocycles. The van der Waals surface area contributed by atoms with Crippen LogP contribution in [0.4, 0.5) is 5.82 Å². The molecule has 1 saturated heterocycles. The van der Waals surface area contributed by atoms with E-state index in [1.54, 1.807) is 4.57 Å². The summed E-state index contributed by atoms with van der Waals surface area (Å²) in [6, 6.07) is 0.247. The first-order valence-corrected chi connectivity index (χ1v) is 8.32. The SMILES string of the molecule is CC(C)N(CCN)C[C@H]1O[C@@H](n2cnc3c(N)ncnc32)[C@H](O)[C@@H]1O. The number of imidazole rings is 1. The van der Waals surface area contributed by atoms with Crippen molar-refractivity contribution in [2.45, 2.75) is 44.4 Å². The molecular weight excluding hydrogens is 326 g/mol. The Balaban J connectivity index is 1.83.